The minimum atomic E-state index is 0.399. The fourth-order valence-electron chi connectivity index (χ4n) is 1.39. The lowest BCUT2D eigenvalue weighted by molar-refractivity contribution is 0.900. The smallest absolute Gasteiger partial charge is 0.245 e. The van der Waals surface area contributed by atoms with Crippen molar-refractivity contribution < 1.29 is 0 Å². The van der Waals surface area contributed by atoms with Crippen molar-refractivity contribution >= 4 is 11.6 Å². The molecule has 76 valence electrons. The van der Waals surface area contributed by atoms with Gasteiger partial charge in [-0.1, -0.05) is 0 Å². The van der Waals surface area contributed by atoms with Gasteiger partial charge in [0.25, 0.3) is 0 Å². The number of nitrogens with zero attached hydrogens (tertiary/aromatic N) is 5. The van der Waals surface area contributed by atoms with Crippen molar-refractivity contribution in [2.75, 3.05) is 12.4 Å². The molecule has 0 aliphatic carbocycles. The van der Waals surface area contributed by atoms with Gasteiger partial charge in [-0.25, -0.2) is 0 Å². The third kappa shape index (κ3) is 1.21. The van der Waals surface area contributed by atoms with Gasteiger partial charge in [-0.3, -0.25) is 0 Å². The van der Waals surface area contributed by atoms with Gasteiger partial charge in [0.15, 0.2) is 11.3 Å². The van der Waals surface area contributed by atoms with Crippen molar-refractivity contribution in [1.29, 1.82) is 5.26 Å². The molecule has 0 atom stereocenters. The molecule has 2 rings (SSSR count). The van der Waals surface area contributed by atoms with Crippen LogP contribution in [0.4, 0.5) is 5.95 Å². The van der Waals surface area contributed by atoms with E-state index in [1.807, 2.05) is 13.8 Å². The number of aromatic nitrogens is 4. The van der Waals surface area contributed by atoms with Crippen molar-refractivity contribution in [2.24, 2.45) is 0 Å². The lowest BCUT2D eigenvalue weighted by atomic mass is 10.1. The van der Waals surface area contributed by atoms with Crippen LogP contribution < -0.4 is 5.32 Å². The van der Waals surface area contributed by atoms with E-state index in [1.165, 1.54) is 0 Å². The highest BCUT2D eigenvalue weighted by molar-refractivity contribution is 5.55. The molecule has 0 aromatic carbocycles. The van der Waals surface area contributed by atoms with E-state index in [2.05, 4.69) is 26.7 Å². The lowest BCUT2D eigenvalue weighted by Crippen LogP contribution is -2.04. The third-order valence-corrected chi connectivity index (χ3v) is 2.42. The molecule has 2 aromatic rings. The average Bonchev–Trinajstić information content (AvgIpc) is 2.66. The Labute approximate surface area is 86.5 Å². The zero-order valence-electron chi connectivity index (χ0n) is 8.74. The number of nitriles is 1. The van der Waals surface area contributed by atoms with Crippen LogP contribution in [0.1, 0.15) is 16.8 Å². The molecule has 0 saturated carbocycles. The summed E-state index contributed by atoms with van der Waals surface area (Å²) in [6.07, 6.45) is 0. The number of rotatable bonds is 1. The first-order valence-electron chi connectivity index (χ1n) is 4.49. The Balaban J connectivity index is 2.89. The molecule has 0 amide bonds. The molecule has 0 aliphatic rings. The molecule has 2 aromatic heterocycles. The number of hydrogen-bond donors (Lipinski definition) is 1. The van der Waals surface area contributed by atoms with Crippen LogP contribution in [-0.2, 0) is 0 Å². The molecule has 0 fully saturated rings. The SMILES string of the molecule is CNc1nnc2c(C)c(C)c(C#N)nn12. The van der Waals surface area contributed by atoms with Crippen LogP contribution >= 0.6 is 0 Å². The Morgan fingerprint density at radius 3 is 2.60 bits per heavy atom. The number of hydrogen-bond acceptors (Lipinski definition) is 5. The third-order valence-electron chi connectivity index (χ3n) is 2.42. The maximum atomic E-state index is 8.92. The topological polar surface area (TPSA) is 78.9 Å². The molecule has 0 saturated heterocycles. The summed E-state index contributed by atoms with van der Waals surface area (Å²) in [6, 6.07) is 2.05. The summed E-state index contributed by atoms with van der Waals surface area (Å²) >= 11 is 0. The van der Waals surface area contributed by atoms with Gasteiger partial charge >= 0.3 is 0 Å². The second-order valence-corrected chi connectivity index (χ2v) is 3.22. The Hall–Kier alpha value is -2.16. The van der Waals surface area contributed by atoms with E-state index in [0.717, 1.165) is 11.1 Å². The van der Waals surface area contributed by atoms with Crippen LogP contribution in [0, 0.1) is 25.2 Å². The molecule has 0 radical (unpaired) electrons. The summed E-state index contributed by atoms with van der Waals surface area (Å²) in [4.78, 5) is 0. The number of fused-ring (bicyclic) bond motifs is 1. The van der Waals surface area contributed by atoms with Gasteiger partial charge in [-0.05, 0) is 19.4 Å². The Bertz CT molecular complexity index is 562. The fraction of sp³-hybridized carbons (Fsp3) is 0.333. The van der Waals surface area contributed by atoms with E-state index in [0.29, 0.717) is 17.3 Å². The van der Waals surface area contributed by atoms with E-state index >= 15 is 0 Å². The highest BCUT2D eigenvalue weighted by atomic mass is 15.4. The van der Waals surface area contributed by atoms with Crippen LogP contribution in [0.3, 0.4) is 0 Å². The molecular formula is C9H10N6. The van der Waals surface area contributed by atoms with Gasteiger partial charge in [0.1, 0.15) is 6.07 Å². The van der Waals surface area contributed by atoms with Crippen molar-refractivity contribution in [1.82, 2.24) is 19.8 Å². The predicted octanol–water partition coefficient (Wildman–Crippen LogP) is 0.655. The summed E-state index contributed by atoms with van der Waals surface area (Å²) in [6.45, 7) is 3.76. The van der Waals surface area contributed by atoms with E-state index in [-0.39, 0.29) is 0 Å². The molecule has 0 spiro atoms. The molecule has 15 heavy (non-hydrogen) atoms. The maximum Gasteiger partial charge on any atom is 0.245 e. The van der Waals surface area contributed by atoms with Crippen molar-refractivity contribution in [3.63, 3.8) is 0 Å². The number of nitrogens with one attached hydrogen (secondary N) is 1. The van der Waals surface area contributed by atoms with E-state index < -0.39 is 0 Å². The van der Waals surface area contributed by atoms with Crippen molar-refractivity contribution in [3.05, 3.63) is 16.8 Å². The zero-order chi connectivity index (χ0) is 11.0. The van der Waals surface area contributed by atoms with Crippen molar-refractivity contribution in [2.45, 2.75) is 13.8 Å². The van der Waals surface area contributed by atoms with E-state index in [4.69, 9.17) is 5.26 Å². The van der Waals surface area contributed by atoms with Crippen LogP contribution in [-0.4, -0.2) is 26.9 Å². The van der Waals surface area contributed by atoms with E-state index in [1.54, 1.807) is 11.6 Å². The van der Waals surface area contributed by atoms with Crippen LogP contribution in [0.15, 0.2) is 0 Å². The Kier molecular flexibility index (Phi) is 2.01. The Morgan fingerprint density at radius 2 is 2.00 bits per heavy atom. The highest BCUT2D eigenvalue weighted by Gasteiger charge is 2.12. The first-order chi connectivity index (χ1) is 7.19. The molecule has 0 aliphatic heterocycles. The second-order valence-electron chi connectivity index (χ2n) is 3.22. The van der Waals surface area contributed by atoms with Gasteiger partial charge in [-0.2, -0.15) is 14.9 Å². The van der Waals surface area contributed by atoms with Gasteiger partial charge in [-0.15, -0.1) is 10.2 Å². The van der Waals surface area contributed by atoms with Crippen LogP contribution in [0.5, 0.6) is 0 Å². The predicted molar refractivity (Wildman–Crippen MR) is 54.5 cm³/mol. The minimum Gasteiger partial charge on any atom is -0.356 e. The van der Waals surface area contributed by atoms with Crippen molar-refractivity contribution in [3.8, 4) is 6.07 Å². The lowest BCUT2D eigenvalue weighted by Gasteiger charge is -2.03. The van der Waals surface area contributed by atoms with Gasteiger partial charge in [0.2, 0.25) is 5.95 Å². The normalized spacial score (nSPS) is 10.3. The fourth-order valence-corrected chi connectivity index (χ4v) is 1.39. The quantitative estimate of drug-likeness (QED) is 0.734. The summed E-state index contributed by atoms with van der Waals surface area (Å²) in [7, 11) is 1.74. The van der Waals surface area contributed by atoms with Gasteiger partial charge in [0, 0.05) is 12.6 Å². The molecule has 0 unspecified atom stereocenters. The largest absolute Gasteiger partial charge is 0.356 e. The minimum absolute atomic E-state index is 0.399. The van der Waals surface area contributed by atoms with Gasteiger partial charge < -0.3 is 5.32 Å². The molecule has 6 nitrogen and oxygen atoms in total. The summed E-state index contributed by atoms with van der Waals surface area (Å²) < 4.78 is 1.54. The number of aryl methyl sites for hydroxylation is 1. The molecule has 6 heteroatoms. The first kappa shape index (κ1) is 9.40. The van der Waals surface area contributed by atoms with E-state index in [9.17, 15) is 0 Å². The monoisotopic (exact) mass is 202 g/mol. The maximum absolute atomic E-state index is 8.92. The molecular weight excluding hydrogens is 192 g/mol. The van der Waals surface area contributed by atoms with Crippen LogP contribution in [0.25, 0.3) is 5.65 Å². The average molecular weight is 202 g/mol. The van der Waals surface area contributed by atoms with Gasteiger partial charge in [0.05, 0.1) is 0 Å². The highest BCUT2D eigenvalue weighted by Crippen LogP contribution is 2.16. The molecule has 1 N–H and O–H groups in total. The summed E-state index contributed by atoms with van der Waals surface area (Å²) in [5.74, 6) is 0.532. The zero-order valence-corrected chi connectivity index (χ0v) is 8.74. The standard InChI is InChI=1S/C9H10N6/c1-5-6(2)8-12-13-9(11-3)15(8)14-7(5)4-10/h1-3H3,(H,11,13). The second kappa shape index (κ2) is 3.20. The first-order valence-corrected chi connectivity index (χ1v) is 4.49. The molecule has 0 bridgehead atoms. The Morgan fingerprint density at radius 1 is 1.27 bits per heavy atom. The summed E-state index contributed by atoms with van der Waals surface area (Å²) in [5, 5.41) is 23.9. The summed E-state index contributed by atoms with van der Waals surface area (Å²) in [5.41, 5.74) is 2.85. The van der Waals surface area contributed by atoms with Crippen LogP contribution in [0.2, 0.25) is 0 Å². The molecule has 2 heterocycles. The number of anilines is 1.